The average Bonchev–Trinajstić information content (AvgIpc) is 3.24. The molecule has 0 spiro atoms. The smallest absolute Gasteiger partial charge is 0.226 e. The number of rotatable bonds is 7. The van der Waals surface area contributed by atoms with Crippen LogP contribution in [0.2, 0.25) is 5.02 Å². The number of halogens is 1. The maximum absolute atomic E-state index is 12.8. The summed E-state index contributed by atoms with van der Waals surface area (Å²) in [7, 11) is 1.83. The number of benzene rings is 1. The molecule has 1 atom stereocenters. The van der Waals surface area contributed by atoms with E-state index in [2.05, 4.69) is 27.4 Å². The molecule has 1 aliphatic carbocycles. The van der Waals surface area contributed by atoms with Gasteiger partial charge in [-0.05, 0) is 57.0 Å². The third-order valence-electron chi connectivity index (χ3n) is 6.45. The van der Waals surface area contributed by atoms with Crippen LogP contribution in [0, 0.1) is 12.8 Å². The molecule has 1 aromatic carbocycles. The van der Waals surface area contributed by atoms with Gasteiger partial charge in [0, 0.05) is 61.8 Å². The standard InChI is InChI=1S/C23H35ClN4O2/c1-16-14-27(10-11-28(16)23(30)18-6-4-5-7-18)15-19-12-20(24)13-21(17(19)2)26-22(29)8-9-25-3/h12-13,16,18,25H,4-11,14-15H2,1-3H3,(H,26,29). The summed E-state index contributed by atoms with van der Waals surface area (Å²) in [5, 5.41) is 6.61. The van der Waals surface area contributed by atoms with Crippen molar-refractivity contribution in [3.05, 3.63) is 28.3 Å². The minimum absolute atomic E-state index is 0.0201. The Morgan fingerprint density at radius 1 is 1.20 bits per heavy atom. The Labute approximate surface area is 185 Å². The molecular formula is C23H35ClN4O2. The third kappa shape index (κ3) is 5.74. The number of anilines is 1. The highest BCUT2D eigenvalue weighted by atomic mass is 35.5. The summed E-state index contributed by atoms with van der Waals surface area (Å²) in [6, 6.07) is 4.02. The number of carbonyl (C=O) groups is 2. The van der Waals surface area contributed by atoms with E-state index in [9.17, 15) is 9.59 Å². The van der Waals surface area contributed by atoms with Crippen molar-refractivity contribution < 1.29 is 9.59 Å². The molecule has 2 fully saturated rings. The molecule has 1 aliphatic heterocycles. The van der Waals surface area contributed by atoms with Gasteiger partial charge in [0.25, 0.3) is 0 Å². The van der Waals surface area contributed by atoms with Crippen LogP contribution in [0.25, 0.3) is 0 Å². The second kappa shape index (κ2) is 10.6. The van der Waals surface area contributed by atoms with Crippen LogP contribution in [0.15, 0.2) is 12.1 Å². The second-order valence-corrected chi connectivity index (χ2v) is 9.17. The monoisotopic (exact) mass is 434 g/mol. The van der Waals surface area contributed by atoms with Crippen LogP contribution in [0.4, 0.5) is 5.69 Å². The molecule has 166 valence electrons. The SMILES string of the molecule is CNCCC(=O)Nc1cc(Cl)cc(CN2CCN(C(=O)C3CCCC3)C(C)C2)c1C. The maximum atomic E-state index is 12.8. The first-order chi connectivity index (χ1) is 14.4. The van der Waals surface area contributed by atoms with Crippen molar-refractivity contribution in [2.45, 2.75) is 58.5 Å². The minimum Gasteiger partial charge on any atom is -0.337 e. The highest BCUT2D eigenvalue weighted by Gasteiger charge is 2.33. The molecule has 1 aromatic rings. The molecule has 1 saturated heterocycles. The largest absolute Gasteiger partial charge is 0.337 e. The Hall–Kier alpha value is -1.63. The lowest BCUT2D eigenvalue weighted by molar-refractivity contribution is -0.140. The molecule has 1 saturated carbocycles. The maximum Gasteiger partial charge on any atom is 0.226 e. The molecule has 3 rings (SSSR count). The first-order valence-corrected chi connectivity index (χ1v) is 11.5. The van der Waals surface area contributed by atoms with Gasteiger partial charge >= 0.3 is 0 Å². The highest BCUT2D eigenvalue weighted by molar-refractivity contribution is 6.31. The predicted octanol–water partition coefficient (Wildman–Crippen LogP) is 3.42. The van der Waals surface area contributed by atoms with Crippen LogP contribution in [-0.4, -0.2) is 60.9 Å². The van der Waals surface area contributed by atoms with Crippen LogP contribution in [-0.2, 0) is 16.1 Å². The first kappa shape index (κ1) is 23.0. The predicted molar refractivity (Wildman–Crippen MR) is 122 cm³/mol. The fourth-order valence-electron chi connectivity index (χ4n) is 4.63. The van der Waals surface area contributed by atoms with Crippen molar-refractivity contribution in [1.82, 2.24) is 15.1 Å². The Bertz CT molecular complexity index is 764. The zero-order chi connectivity index (χ0) is 21.7. The number of hydrogen-bond donors (Lipinski definition) is 2. The van der Waals surface area contributed by atoms with E-state index in [1.54, 1.807) is 0 Å². The number of nitrogens with one attached hydrogen (secondary N) is 2. The molecular weight excluding hydrogens is 400 g/mol. The average molecular weight is 435 g/mol. The summed E-state index contributed by atoms with van der Waals surface area (Å²) < 4.78 is 0. The van der Waals surface area contributed by atoms with Crippen molar-refractivity contribution in [3.8, 4) is 0 Å². The summed E-state index contributed by atoms with van der Waals surface area (Å²) in [6.07, 6.45) is 4.90. The summed E-state index contributed by atoms with van der Waals surface area (Å²) in [4.78, 5) is 29.5. The lowest BCUT2D eigenvalue weighted by atomic mass is 10.0. The number of hydrogen-bond acceptors (Lipinski definition) is 4. The van der Waals surface area contributed by atoms with Crippen molar-refractivity contribution >= 4 is 29.1 Å². The Morgan fingerprint density at radius 2 is 1.93 bits per heavy atom. The van der Waals surface area contributed by atoms with Crippen LogP contribution in [0.3, 0.4) is 0 Å². The van der Waals surface area contributed by atoms with Crippen LogP contribution in [0.5, 0.6) is 0 Å². The molecule has 30 heavy (non-hydrogen) atoms. The fourth-order valence-corrected chi connectivity index (χ4v) is 4.87. The zero-order valence-corrected chi connectivity index (χ0v) is 19.2. The van der Waals surface area contributed by atoms with Crippen LogP contribution in [0.1, 0.15) is 50.2 Å². The molecule has 0 radical (unpaired) electrons. The Morgan fingerprint density at radius 3 is 2.60 bits per heavy atom. The summed E-state index contributed by atoms with van der Waals surface area (Å²) in [5.74, 6) is 0.571. The van der Waals surface area contributed by atoms with Gasteiger partial charge in [0.05, 0.1) is 0 Å². The van der Waals surface area contributed by atoms with Crippen molar-refractivity contribution in [2.24, 2.45) is 5.92 Å². The Kier molecular flexibility index (Phi) is 8.14. The molecule has 1 unspecified atom stereocenters. The topological polar surface area (TPSA) is 64.7 Å². The van der Waals surface area contributed by atoms with E-state index < -0.39 is 0 Å². The van der Waals surface area contributed by atoms with Gasteiger partial charge in [0.1, 0.15) is 0 Å². The van der Waals surface area contributed by atoms with E-state index >= 15 is 0 Å². The molecule has 2 aliphatic rings. The first-order valence-electron chi connectivity index (χ1n) is 11.2. The van der Waals surface area contributed by atoms with Gasteiger partial charge in [-0.2, -0.15) is 0 Å². The lowest BCUT2D eigenvalue weighted by Gasteiger charge is -2.41. The number of carbonyl (C=O) groups excluding carboxylic acids is 2. The number of nitrogens with zero attached hydrogens (tertiary/aromatic N) is 2. The van der Waals surface area contributed by atoms with E-state index in [0.717, 1.165) is 55.8 Å². The van der Waals surface area contributed by atoms with Crippen LogP contribution >= 0.6 is 11.6 Å². The summed E-state index contributed by atoms with van der Waals surface area (Å²) in [6.45, 7) is 8.08. The quantitative estimate of drug-likeness (QED) is 0.690. The minimum atomic E-state index is -0.0201. The van der Waals surface area contributed by atoms with E-state index in [1.165, 1.54) is 12.8 Å². The second-order valence-electron chi connectivity index (χ2n) is 8.74. The number of amides is 2. The summed E-state index contributed by atoms with van der Waals surface area (Å²) in [5.41, 5.74) is 2.95. The molecule has 0 bridgehead atoms. The van der Waals surface area contributed by atoms with E-state index in [4.69, 9.17) is 11.6 Å². The van der Waals surface area contributed by atoms with E-state index in [1.807, 2.05) is 26.1 Å². The van der Waals surface area contributed by atoms with Crippen molar-refractivity contribution in [2.75, 3.05) is 38.5 Å². The van der Waals surface area contributed by atoms with Gasteiger partial charge < -0.3 is 15.5 Å². The lowest BCUT2D eigenvalue weighted by Crippen LogP contribution is -2.54. The van der Waals surface area contributed by atoms with E-state index in [0.29, 0.717) is 23.9 Å². The normalized spacial score (nSPS) is 20.5. The fraction of sp³-hybridized carbons (Fsp3) is 0.652. The molecule has 1 heterocycles. The Balaban J connectivity index is 1.62. The van der Waals surface area contributed by atoms with E-state index in [-0.39, 0.29) is 17.9 Å². The molecule has 6 nitrogen and oxygen atoms in total. The highest BCUT2D eigenvalue weighted by Crippen LogP contribution is 2.29. The van der Waals surface area contributed by atoms with Crippen LogP contribution < -0.4 is 10.6 Å². The van der Waals surface area contributed by atoms with Gasteiger partial charge in [-0.1, -0.05) is 24.4 Å². The van der Waals surface area contributed by atoms with Crippen molar-refractivity contribution in [3.63, 3.8) is 0 Å². The van der Waals surface area contributed by atoms with Gasteiger partial charge in [0.2, 0.25) is 11.8 Å². The van der Waals surface area contributed by atoms with Gasteiger partial charge in [-0.15, -0.1) is 0 Å². The zero-order valence-electron chi connectivity index (χ0n) is 18.5. The molecule has 7 heteroatoms. The number of piperazine rings is 1. The molecule has 2 N–H and O–H groups in total. The third-order valence-corrected chi connectivity index (χ3v) is 6.67. The van der Waals surface area contributed by atoms with Gasteiger partial charge in [0.15, 0.2) is 0 Å². The molecule has 0 aromatic heterocycles. The van der Waals surface area contributed by atoms with Gasteiger partial charge in [-0.25, -0.2) is 0 Å². The summed E-state index contributed by atoms with van der Waals surface area (Å²) >= 11 is 6.36. The molecule has 2 amide bonds. The van der Waals surface area contributed by atoms with Crippen molar-refractivity contribution in [1.29, 1.82) is 0 Å². The van der Waals surface area contributed by atoms with Gasteiger partial charge in [-0.3, -0.25) is 14.5 Å².